The zero-order valence-corrected chi connectivity index (χ0v) is 10.5. The first-order chi connectivity index (χ1) is 7.45. The molecule has 3 heteroatoms. The summed E-state index contributed by atoms with van der Waals surface area (Å²) in [6.45, 7) is 5.23. The van der Waals surface area contributed by atoms with E-state index in [1.54, 1.807) is 0 Å². The van der Waals surface area contributed by atoms with Crippen LogP contribution in [0.5, 0.6) is 0 Å². The molecule has 0 aromatic rings. The van der Waals surface area contributed by atoms with Gasteiger partial charge in [0.1, 0.15) is 0 Å². The first kappa shape index (κ1) is 11.7. The molecule has 1 unspecified atom stereocenters. The zero-order chi connectivity index (χ0) is 10.3. The van der Waals surface area contributed by atoms with Gasteiger partial charge in [-0.25, -0.2) is 0 Å². The predicted octanol–water partition coefficient (Wildman–Crippen LogP) is 1.96. The average Bonchev–Trinajstić information content (AvgIpc) is 2.79. The fourth-order valence-corrected chi connectivity index (χ4v) is 3.62. The highest BCUT2D eigenvalue weighted by Gasteiger charge is 2.13. The minimum Gasteiger partial charge on any atom is -0.313 e. The first-order valence-electron chi connectivity index (χ1n) is 6.48. The van der Waals surface area contributed by atoms with E-state index in [2.05, 4.69) is 22.0 Å². The van der Waals surface area contributed by atoms with Crippen LogP contribution in [0.2, 0.25) is 0 Å². The van der Waals surface area contributed by atoms with E-state index in [1.807, 2.05) is 0 Å². The zero-order valence-electron chi connectivity index (χ0n) is 9.71. The van der Waals surface area contributed by atoms with Crippen molar-refractivity contribution in [3.63, 3.8) is 0 Å². The summed E-state index contributed by atoms with van der Waals surface area (Å²) in [5.41, 5.74) is 0. The Morgan fingerprint density at radius 2 is 2.07 bits per heavy atom. The second-order valence-electron chi connectivity index (χ2n) is 4.77. The third-order valence-electron chi connectivity index (χ3n) is 3.44. The van der Waals surface area contributed by atoms with Gasteiger partial charge in [0.05, 0.1) is 0 Å². The third kappa shape index (κ3) is 4.33. The molecule has 1 N–H and O–H groups in total. The molecule has 0 bridgehead atoms. The standard InChI is InChI=1S/C12H24N2S/c1-2-8-14(7-1)9-4-6-13-12-5-3-10-15-11-12/h12-13H,1-11H2. The van der Waals surface area contributed by atoms with Crippen LogP contribution in [-0.2, 0) is 0 Å². The molecule has 0 spiro atoms. The second kappa shape index (κ2) is 6.77. The lowest BCUT2D eigenvalue weighted by molar-refractivity contribution is 0.327. The van der Waals surface area contributed by atoms with E-state index < -0.39 is 0 Å². The quantitative estimate of drug-likeness (QED) is 0.724. The van der Waals surface area contributed by atoms with Crippen LogP contribution in [-0.4, -0.2) is 48.6 Å². The Kier molecular flexibility index (Phi) is 5.30. The number of hydrogen-bond acceptors (Lipinski definition) is 3. The Morgan fingerprint density at radius 3 is 2.80 bits per heavy atom. The smallest absolute Gasteiger partial charge is 0.0158 e. The van der Waals surface area contributed by atoms with Crippen LogP contribution in [0.3, 0.4) is 0 Å². The number of nitrogens with one attached hydrogen (secondary N) is 1. The highest BCUT2D eigenvalue weighted by Crippen LogP contribution is 2.16. The van der Waals surface area contributed by atoms with Crippen molar-refractivity contribution < 1.29 is 0 Å². The summed E-state index contributed by atoms with van der Waals surface area (Å²) in [6, 6.07) is 0.808. The van der Waals surface area contributed by atoms with Crippen molar-refractivity contribution in [1.29, 1.82) is 0 Å². The molecule has 0 amide bonds. The molecule has 2 aliphatic rings. The lowest BCUT2D eigenvalue weighted by Crippen LogP contribution is -2.35. The van der Waals surface area contributed by atoms with Crippen LogP contribution in [0.25, 0.3) is 0 Å². The molecule has 2 aliphatic heterocycles. The van der Waals surface area contributed by atoms with Gasteiger partial charge in [0.15, 0.2) is 0 Å². The van der Waals surface area contributed by atoms with Gasteiger partial charge < -0.3 is 10.2 Å². The second-order valence-corrected chi connectivity index (χ2v) is 5.92. The van der Waals surface area contributed by atoms with Crippen molar-refractivity contribution in [1.82, 2.24) is 10.2 Å². The molecule has 88 valence electrons. The van der Waals surface area contributed by atoms with E-state index in [4.69, 9.17) is 0 Å². The molecule has 2 heterocycles. The van der Waals surface area contributed by atoms with Gasteiger partial charge in [-0.2, -0.15) is 11.8 Å². The molecule has 0 radical (unpaired) electrons. The van der Waals surface area contributed by atoms with Gasteiger partial charge in [0.2, 0.25) is 0 Å². The number of hydrogen-bond donors (Lipinski definition) is 1. The van der Waals surface area contributed by atoms with Crippen LogP contribution < -0.4 is 5.32 Å². The number of nitrogens with zero attached hydrogens (tertiary/aromatic N) is 1. The Labute approximate surface area is 98.2 Å². The lowest BCUT2D eigenvalue weighted by Gasteiger charge is -2.23. The minimum absolute atomic E-state index is 0.808. The largest absolute Gasteiger partial charge is 0.313 e. The number of likely N-dealkylation sites (tertiary alicyclic amines) is 1. The van der Waals surface area contributed by atoms with E-state index in [0.717, 1.165) is 6.04 Å². The molecule has 2 rings (SSSR count). The average molecular weight is 228 g/mol. The number of rotatable bonds is 5. The highest BCUT2D eigenvalue weighted by atomic mass is 32.2. The van der Waals surface area contributed by atoms with Crippen molar-refractivity contribution in [2.75, 3.05) is 37.7 Å². The molecule has 0 aromatic carbocycles. The van der Waals surface area contributed by atoms with Gasteiger partial charge in [-0.3, -0.25) is 0 Å². The van der Waals surface area contributed by atoms with E-state index in [0.29, 0.717) is 0 Å². The Balaban J connectivity index is 1.47. The van der Waals surface area contributed by atoms with Crippen molar-refractivity contribution in [2.24, 2.45) is 0 Å². The molecular weight excluding hydrogens is 204 g/mol. The maximum absolute atomic E-state index is 3.70. The van der Waals surface area contributed by atoms with Gasteiger partial charge >= 0.3 is 0 Å². The van der Waals surface area contributed by atoms with Crippen molar-refractivity contribution in [2.45, 2.75) is 38.1 Å². The Hall–Kier alpha value is 0.270. The summed E-state index contributed by atoms with van der Waals surface area (Å²) in [6.07, 6.45) is 6.99. The molecule has 1 atom stereocenters. The van der Waals surface area contributed by atoms with Crippen LogP contribution in [0, 0.1) is 0 Å². The number of thioether (sulfide) groups is 1. The first-order valence-corrected chi connectivity index (χ1v) is 7.64. The lowest BCUT2D eigenvalue weighted by atomic mass is 10.2. The molecular formula is C12H24N2S. The summed E-state index contributed by atoms with van der Waals surface area (Å²) in [4.78, 5) is 2.61. The van der Waals surface area contributed by atoms with E-state index in [-0.39, 0.29) is 0 Å². The van der Waals surface area contributed by atoms with Crippen molar-refractivity contribution in [3.8, 4) is 0 Å². The monoisotopic (exact) mass is 228 g/mol. The summed E-state index contributed by atoms with van der Waals surface area (Å²) in [7, 11) is 0. The summed E-state index contributed by atoms with van der Waals surface area (Å²) in [5, 5.41) is 3.70. The van der Waals surface area contributed by atoms with Gasteiger partial charge in [-0.1, -0.05) is 0 Å². The molecule has 0 saturated carbocycles. The maximum Gasteiger partial charge on any atom is 0.0158 e. The van der Waals surface area contributed by atoms with Crippen LogP contribution in [0.1, 0.15) is 32.1 Å². The van der Waals surface area contributed by atoms with Gasteiger partial charge in [-0.05, 0) is 64.0 Å². The Morgan fingerprint density at radius 1 is 1.20 bits per heavy atom. The molecule has 2 saturated heterocycles. The van der Waals surface area contributed by atoms with E-state index in [9.17, 15) is 0 Å². The fourth-order valence-electron chi connectivity index (χ4n) is 2.52. The van der Waals surface area contributed by atoms with Crippen LogP contribution in [0.15, 0.2) is 0 Å². The van der Waals surface area contributed by atoms with Crippen LogP contribution >= 0.6 is 11.8 Å². The molecule has 2 nitrogen and oxygen atoms in total. The van der Waals surface area contributed by atoms with Crippen molar-refractivity contribution >= 4 is 11.8 Å². The van der Waals surface area contributed by atoms with Gasteiger partial charge in [0, 0.05) is 11.8 Å². The SMILES string of the molecule is C1CSCC(NCCCN2CCCC2)C1. The van der Waals surface area contributed by atoms with Crippen LogP contribution in [0.4, 0.5) is 0 Å². The summed E-state index contributed by atoms with van der Waals surface area (Å²) in [5.74, 6) is 2.72. The topological polar surface area (TPSA) is 15.3 Å². The maximum atomic E-state index is 3.70. The van der Waals surface area contributed by atoms with E-state index in [1.165, 1.54) is 69.8 Å². The van der Waals surface area contributed by atoms with Gasteiger partial charge in [0.25, 0.3) is 0 Å². The van der Waals surface area contributed by atoms with Gasteiger partial charge in [-0.15, -0.1) is 0 Å². The van der Waals surface area contributed by atoms with E-state index >= 15 is 0 Å². The summed E-state index contributed by atoms with van der Waals surface area (Å²) < 4.78 is 0. The molecule has 15 heavy (non-hydrogen) atoms. The molecule has 2 fully saturated rings. The van der Waals surface area contributed by atoms with Crippen molar-refractivity contribution in [3.05, 3.63) is 0 Å². The predicted molar refractivity (Wildman–Crippen MR) is 68.6 cm³/mol. The normalized spacial score (nSPS) is 28.4. The minimum atomic E-state index is 0.808. The molecule has 0 aromatic heterocycles. The third-order valence-corrected chi connectivity index (χ3v) is 4.66. The summed E-state index contributed by atoms with van der Waals surface area (Å²) >= 11 is 2.11. The molecule has 0 aliphatic carbocycles. The fraction of sp³-hybridized carbons (Fsp3) is 1.00. The highest BCUT2D eigenvalue weighted by molar-refractivity contribution is 7.99. The Bertz CT molecular complexity index is 163.